The number of ketones is 1. The van der Waals surface area contributed by atoms with Gasteiger partial charge in [0.25, 0.3) is 0 Å². The van der Waals surface area contributed by atoms with Gasteiger partial charge < -0.3 is 9.32 Å². The van der Waals surface area contributed by atoms with Gasteiger partial charge in [0.1, 0.15) is 5.76 Å². The van der Waals surface area contributed by atoms with Gasteiger partial charge in [0.15, 0.2) is 5.78 Å². The largest absolute Gasteiger partial charge is 0.467 e. The molecule has 0 fully saturated rings. The van der Waals surface area contributed by atoms with Crippen LogP contribution >= 0.6 is 11.6 Å². The van der Waals surface area contributed by atoms with Crippen LogP contribution < -0.4 is 0 Å². The number of aromatic nitrogens is 2. The van der Waals surface area contributed by atoms with Crippen LogP contribution in [0.1, 0.15) is 52.3 Å². The number of carbonyl (C=O) groups excluding carboxylic acids is 2. The summed E-state index contributed by atoms with van der Waals surface area (Å²) in [5.41, 5.74) is 4.02. The number of amides is 1. The number of benzene rings is 1. The van der Waals surface area contributed by atoms with Crippen LogP contribution in [0.2, 0.25) is 5.02 Å². The lowest BCUT2D eigenvalue weighted by Gasteiger charge is -2.21. The van der Waals surface area contributed by atoms with E-state index < -0.39 is 0 Å². The van der Waals surface area contributed by atoms with Gasteiger partial charge in [-0.05, 0) is 61.2 Å². The highest BCUT2D eigenvalue weighted by Gasteiger charge is 2.25. The molecule has 0 aliphatic heterocycles. The topological polar surface area (TPSA) is 68.3 Å². The first-order chi connectivity index (χ1) is 14.5. The number of Topliss-reactive ketones (excluding diaryl/α,β-unsaturated/α-hetero) is 1. The second kappa shape index (κ2) is 8.88. The summed E-state index contributed by atoms with van der Waals surface area (Å²) in [6.45, 7) is 0.768. The molecule has 0 N–H and O–H groups in total. The van der Waals surface area contributed by atoms with Crippen molar-refractivity contribution in [2.75, 3.05) is 0 Å². The molecule has 2 aromatic heterocycles. The van der Waals surface area contributed by atoms with Crippen LogP contribution in [0.4, 0.5) is 0 Å². The Balaban J connectivity index is 1.46. The van der Waals surface area contributed by atoms with E-state index in [2.05, 4.69) is 5.10 Å². The van der Waals surface area contributed by atoms with Gasteiger partial charge in [-0.25, -0.2) is 0 Å². The van der Waals surface area contributed by atoms with Crippen LogP contribution in [-0.2, 0) is 37.8 Å². The van der Waals surface area contributed by atoms with Crippen molar-refractivity contribution < 1.29 is 14.0 Å². The monoisotopic (exact) mass is 425 g/mol. The zero-order valence-corrected chi connectivity index (χ0v) is 17.7. The second-order valence-electron chi connectivity index (χ2n) is 7.61. The summed E-state index contributed by atoms with van der Waals surface area (Å²) in [5.74, 6) is 0.544. The molecule has 1 aliphatic rings. The Morgan fingerprint density at radius 3 is 2.67 bits per heavy atom. The maximum atomic E-state index is 13.0. The summed E-state index contributed by atoms with van der Waals surface area (Å²) in [7, 11) is 1.96. The predicted molar refractivity (Wildman–Crippen MR) is 113 cm³/mol. The third kappa shape index (κ3) is 4.49. The maximum absolute atomic E-state index is 13.0. The number of nitrogens with zero attached hydrogens (tertiary/aromatic N) is 3. The molecule has 0 atom stereocenters. The lowest BCUT2D eigenvalue weighted by atomic mass is 10.1. The molecule has 2 heterocycles. The summed E-state index contributed by atoms with van der Waals surface area (Å²) < 4.78 is 7.38. The smallest absolute Gasteiger partial charge is 0.223 e. The van der Waals surface area contributed by atoms with Crippen molar-refractivity contribution in [3.8, 4) is 0 Å². The van der Waals surface area contributed by atoms with Gasteiger partial charge in [-0.2, -0.15) is 5.10 Å². The van der Waals surface area contributed by atoms with Gasteiger partial charge in [0.05, 0.1) is 25.0 Å². The van der Waals surface area contributed by atoms with Crippen LogP contribution in [0.3, 0.4) is 0 Å². The molecule has 1 aliphatic carbocycles. The van der Waals surface area contributed by atoms with E-state index in [0.717, 1.165) is 25.0 Å². The molecule has 3 aromatic rings. The van der Waals surface area contributed by atoms with Gasteiger partial charge in [-0.15, -0.1) is 0 Å². The van der Waals surface area contributed by atoms with Crippen LogP contribution in [0, 0.1) is 0 Å². The number of furan rings is 1. The fourth-order valence-electron chi connectivity index (χ4n) is 3.99. The van der Waals surface area contributed by atoms with Gasteiger partial charge in [0.2, 0.25) is 5.91 Å². The Morgan fingerprint density at radius 2 is 1.93 bits per heavy atom. The molecule has 0 radical (unpaired) electrons. The number of hydrogen-bond acceptors (Lipinski definition) is 4. The van der Waals surface area contributed by atoms with E-state index in [1.54, 1.807) is 41.5 Å². The van der Waals surface area contributed by atoms with E-state index in [1.165, 1.54) is 11.3 Å². The Bertz CT molecular complexity index is 1040. The molecule has 1 aromatic carbocycles. The number of halogens is 1. The van der Waals surface area contributed by atoms with Crippen molar-refractivity contribution in [1.82, 2.24) is 14.7 Å². The molecular weight excluding hydrogens is 402 g/mol. The normalized spacial score (nSPS) is 12.7. The Hall–Kier alpha value is -2.86. The first-order valence-electron chi connectivity index (χ1n) is 10.1. The number of aryl methyl sites for hydroxylation is 1. The van der Waals surface area contributed by atoms with E-state index in [0.29, 0.717) is 29.4 Å². The molecule has 30 heavy (non-hydrogen) atoms. The van der Waals surface area contributed by atoms with E-state index in [4.69, 9.17) is 16.0 Å². The van der Waals surface area contributed by atoms with Gasteiger partial charge in [-0.3, -0.25) is 14.3 Å². The lowest BCUT2D eigenvalue weighted by Crippen LogP contribution is -2.30. The van der Waals surface area contributed by atoms with Crippen LogP contribution in [0.15, 0.2) is 47.1 Å². The predicted octanol–water partition coefficient (Wildman–Crippen LogP) is 4.35. The summed E-state index contributed by atoms with van der Waals surface area (Å²) in [5, 5.41) is 5.23. The quantitative estimate of drug-likeness (QED) is 0.503. The highest BCUT2D eigenvalue weighted by molar-refractivity contribution is 6.30. The van der Waals surface area contributed by atoms with Crippen LogP contribution in [-0.4, -0.2) is 26.4 Å². The lowest BCUT2D eigenvalue weighted by molar-refractivity contribution is -0.132. The number of hydrogen-bond donors (Lipinski definition) is 0. The highest BCUT2D eigenvalue weighted by atomic mass is 35.5. The molecule has 0 spiro atoms. The summed E-state index contributed by atoms with van der Waals surface area (Å²) in [6.07, 6.45) is 5.03. The standard InChI is InChI=1S/C23H24ClN3O3/c1-26-21-6-2-5-19(21)20(25-26)15-27(14-18-4-3-13-30-18)23(29)12-11-22(28)16-7-9-17(24)10-8-16/h3-4,7-10,13H,2,5-6,11-12,14-15H2,1H3. The first-order valence-corrected chi connectivity index (χ1v) is 10.5. The molecule has 6 nitrogen and oxygen atoms in total. The molecule has 0 bridgehead atoms. The van der Waals surface area contributed by atoms with Gasteiger partial charge in [0, 0.05) is 36.2 Å². The molecule has 0 saturated heterocycles. The fraction of sp³-hybridized carbons (Fsp3) is 0.348. The molecule has 0 saturated carbocycles. The van der Waals surface area contributed by atoms with Crippen molar-refractivity contribution in [2.24, 2.45) is 7.05 Å². The van der Waals surface area contributed by atoms with E-state index in [-0.39, 0.29) is 24.5 Å². The molecular formula is C23H24ClN3O3. The Morgan fingerprint density at radius 1 is 1.13 bits per heavy atom. The number of fused-ring (bicyclic) bond motifs is 1. The zero-order valence-electron chi connectivity index (χ0n) is 16.9. The third-order valence-electron chi connectivity index (χ3n) is 5.55. The summed E-state index contributed by atoms with van der Waals surface area (Å²) >= 11 is 5.88. The average Bonchev–Trinajstić information content (AvgIpc) is 3.47. The van der Waals surface area contributed by atoms with E-state index in [1.807, 2.05) is 17.8 Å². The van der Waals surface area contributed by atoms with Crippen molar-refractivity contribution in [3.05, 3.63) is 76.0 Å². The van der Waals surface area contributed by atoms with Gasteiger partial charge in [-0.1, -0.05) is 11.6 Å². The third-order valence-corrected chi connectivity index (χ3v) is 5.80. The number of carbonyl (C=O) groups is 2. The van der Waals surface area contributed by atoms with Crippen LogP contribution in [0.25, 0.3) is 0 Å². The SMILES string of the molecule is Cn1nc(CN(Cc2ccco2)C(=O)CCC(=O)c2ccc(Cl)cc2)c2c1CCC2. The highest BCUT2D eigenvalue weighted by Crippen LogP contribution is 2.26. The molecule has 156 valence electrons. The van der Waals surface area contributed by atoms with Gasteiger partial charge >= 0.3 is 0 Å². The molecule has 0 unspecified atom stereocenters. The fourth-order valence-corrected chi connectivity index (χ4v) is 4.11. The zero-order chi connectivity index (χ0) is 21.1. The van der Waals surface area contributed by atoms with E-state index in [9.17, 15) is 9.59 Å². The summed E-state index contributed by atoms with van der Waals surface area (Å²) in [6, 6.07) is 10.4. The van der Waals surface area contributed by atoms with Crippen molar-refractivity contribution >= 4 is 23.3 Å². The minimum atomic E-state index is -0.0916. The molecule has 1 amide bonds. The van der Waals surface area contributed by atoms with Crippen LogP contribution in [0.5, 0.6) is 0 Å². The van der Waals surface area contributed by atoms with Crippen molar-refractivity contribution in [3.63, 3.8) is 0 Å². The minimum Gasteiger partial charge on any atom is -0.467 e. The van der Waals surface area contributed by atoms with Crippen molar-refractivity contribution in [2.45, 2.75) is 45.2 Å². The van der Waals surface area contributed by atoms with E-state index >= 15 is 0 Å². The summed E-state index contributed by atoms with van der Waals surface area (Å²) in [4.78, 5) is 27.2. The molecule has 4 rings (SSSR count). The first kappa shape index (κ1) is 20.4. The van der Waals surface area contributed by atoms with Crippen molar-refractivity contribution in [1.29, 1.82) is 0 Å². The molecule has 7 heteroatoms. The Kier molecular flexibility index (Phi) is 6.04. The number of rotatable bonds is 8. The second-order valence-corrected chi connectivity index (χ2v) is 8.04. The average molecular weight is 426 g/mol. The Labute approximate surface area is 180 Å². The minimum absolute atomic E-state index is 0.0725. The maximum Gasteiger partial charge on any atom is 0.223 e.